The van der Waals surface area contributed by atoms with E-state index >= 15 is 0 Å². The highest BCUT2D eigenvalue weighted by Gasteiger charge is 2.42. The molecule has 2 aromatic rings. The first-order valence-electron chi connectivity index (χ1n) is 11.3. The first-order valence-corrected chi connectivity index (χ1v) is 12.7. The minimum Gasteiger partial charge on any atom is -0.385 e. The average molecular weight is 464 g/mol. The first kappa shape index (κ1) is 21.6. The quantitative estimate of drug-likeness (QED) is 0.646. The number of ether oxygens (including phenoxy) is 1. The van der Waals surface area contributed by atoms with Gasteiger partial charge in [-0.25, -0.2) is 8.42 Å². The summed E-state index contributed by atoms with van der Waals surface area (Å²) in [6.07, 6.45) is 5.09. The van der Waals surface area contributed by atoms with Gasteiger partial charge in [-0.2, -0.15) is 4.31 Å². The molecule has 3 fully saturated rings. The van der Waals surface area contributed by atoms with Gasteiger partial charge in [0, 0.05) is 19.1 Å². The molecule has 2 saturated carbocycles. The molecule has 32 heavy (non-hydrogen) atoms. The highest BCUT2D eigenvalue weighted by Crippen LogP contribution is 2.49. The lowest BCUT2D eigenvalue weighted by molar-refractivity contribution is -0.127. The Kier molecular flexibility index (Phi) is 5.81. The van der Waals surface area contributed by atoms with Crippen LogP contribution in [0.15, 0.2) is 23.1 Å². The average Bonchev–Trinajstić information content (AvgIpc) is 3.53. The van der Waals surface area contributed by atoms with Crippen molar-refractivity contribution in [2.45, 2.75) is 43.5 Å². The number of morpholine rings is 1. The third-order valence-corrected chi connectivity index (χ3v) is 9.03. The van der Waals surface area contributed by atoms with E-state index in [1.807, 2.05) is 0 Å². The van der Waals surface area contributed by atoms with Crippen molar-refractivity contribution < 1.29 is 22.8 Å². The van der Waals surface area contributed by atoms with Gasteiger partial charge in [-0.05, 0) is 67.4 Å². The third kappa shape index (κ3) is 4.08. The van der Waals surface area contributed by atoms with Crippen molar-refractivity contribution >= 4 is 27.0 Å². The van der Waals surface area contributed by atoms with Crippen LogP contribution in [0.5, 0.6) is 0 Å². The number of hydrogen-bond acceptors (Lipinski definition) is 7. The standard InChI is InChI=1S/C21H29N5O5S/c1-14(18-11-15-2-3-16(18)10-15)22-21(27)13-31-26-20-12-17(4-5-19(20)23-24-26)32(28,29)25-6-8-30-9-7-25/h4-5,12,14-16,18H,2-3,6-11,13H2,1H3,(H,22,27). The van der Waals surface area contributed by atoms with Crippen LogP contribution < -0.4 is 10.2 Å². The predicted octanol–water partition coefficient (Wildman–Crippen LogP) is 0.822. The minimum atomic E-state index is -3.66. The summed E-state index contributed by atoms with van der Waals surface area (Å²) in [7, 11) is -3.66. The van der Waals surface area contributed by atoms with Crippen LogP contribution in [0.2, 0.25) is 0 Å². The summed E-state index contributed by atoms with van der Waals surface area (Å²) in [5, 5.41) is 11.0. The number of nitrogens with zero attached hydrogens (tertiary/aromatic N) is 4. The van der Waals surface area contributed by atoms with Crippen LogP contribution in [0, 0.1) is 17.8 Å². The predicted molar refractivity (Wildman–Crippen MR) is 115 cm³/mol. The number of carbonyl (C=O) groups excluding carboxylic acids is 1. The monoisotopic (exact) mass is 463 g/mol. The van der Waals surface area contributed by atoms with E-state index in [2.05, 4.69) is 22.6 Å². The summed E-state index contributed by atoms with van der Waals surface area (Å²) in [6.45, 7) is 3.23. The second kappa shape index (κ2) is 8.60. The van der Waals surface area contributed by atoms with Crippen LogP contribution in [-0.4, -0.2) is 72.7 Å². The lowest BCUT2D eigenvalue weighted by atomic mass is 9.84. The third-order valence-electron chi connectivity index (χ3n) is 7.14. The Morgan fingerprint density at radius 3 is 2.81 bits per heavy atom. The van der Waals surface area contributed by atoms with E-state index < -0.39 is 10.0 Å². The van der Waals surface area contributed by atoms with Gasteiger partial charge < -0.3 is 14.9 Å². The van der Waals surface area contributed by atoms with Gasteiger partial charge in [0.05, 0.1) is 18.1 Å². The second-order valence-electron chi connectivity index (χ2n) is 9.10. The lowest BCUT2D eigenvalue weighted by Gasteiger charge is -2.28. The van der Waals surface area contributed by atoms with Crippen LogP contribution in [0.4, 0.5) is 0 Å². The van der Waals surface area contributed by atoms with Gasteiger partial charge in [0.1, 0.15) is 11.0 Å². The van der Waals surface area contributed by atoms with E-state index in [9.17, 15) is 13.2 Å². The molecule has 1 amide bonds. The molecule has 1 aromatic carbocycles. The summed E-state index contributed by atoms with van der Waals surface area (Å²) in [6, 6.07) is 4.69. The zero-order valence-electron chi connectivity index (χ0n) is 18.1. The van der Waals surface area contributed by atoms with Gasteiger partial charge in [0.15, 0.2) is 6.61 Å². The molecule has 1 aromatic heterocycles. The molecule has 11 heteroatoms. The van der Waals surface area contributed by atoms with Crippen molar-refractivity contribution in [3.8, 4) is 0 Å². The number of nitrogens with one attached hydrogen (secondary N) is 1. The largest absolute Gasteiger partial charge is 0.385 e. The van der Waals surface area contributed by atoms with Crippen LogP contribution in [-0.2, 0) is 19.6 Å². The lowest BCUT2D eigenvalue weighted by Crippen LogP contribution is -2.43. The van der Waals surface area contributed by atoms with Crippen LogP contribution in [0.1, 0.15) is 32.6 Å². The van der Waals surface area contributed by atoms with Gasteiger partial charge in [-0.15, -0.1) is 5.10 Å². The molecule has 4 atom stereocenters. The van der Waals surface area contributed by atoms with Gasteiger partial charge in [0.25, 0.3) is 5.91 Å². The highest BCUT2D eigenvalue weighted by atomic mass is 32.2. The van der Waals surface area contributed by atoms with Crippen molar-refractivity contribution in [2.24, 2.45) is 17.8 Å². The van der Waals surface area contributed by atoms with Gasteiger partial charge in [-0.3, -0.25) is 4.79 Å². The number of benzene rings is 1. The summed E-state index contributed by atoms with van der Waals surface area (Å²) in [5.41, 5.74) is 0.884. The Bertz CT molecular complexity index is 1100. The summed E-state index contributed by atoms with van der Waals surface area (Å²) >= 11 is 0. The van der Waals surface area contributed by atoms with E-state index in [0.29, 0.717) is 43.3 Å². The summed E-state index contributed by atoms with van der Waals surface area (Å²) in [5.74, 6) is 1.87. The number of rotatable bonds is 7. The van der Waals surface area contributed by atoms with Crippen molar-refractivity contribution in [3.63, 3.8) is 0 Å². The van der Waals surface area contributed by atoms with E-state index in [1.54, 1.807) is 6.07 Å². The van der Waals surface area contributed by atoms with E-state index in [1.165, 1.54) is 42.1 Å². The smallest absolute Gasteiger partial charge is 0.260 e. The van der Waals surface area contributed by atoms with E-state index in [4.69, 9.17) is 9.57 Å². The van der Waals surface area contributed by atoms with Crippen LogP contribution in [0.25, 0.3) is 11.0 Å². The normalized spacial score (nSPS) is 27.0. The molecule has 2 aliphatic carbocycles. The highest BCUT2D eigenvalue weighted by molar-refractivity contribution is 7.89. The van der Waals surface area contributed by atoms with Gasteiger partial charge in [0.2, 0.25) is 10.0 Å². The molecule has 0 radical (unpaired) electrons. The molecular formula is C21H29N5O5S. The molecular weight excluding hydrogens is 434 g/mol. The number of fused-ring (bicyclic) bond motifs is 3. The molecule has 10 nitrogen and oxygen atoms in total. The molecule has 5 rings (SSSR count). The van der Waals surface area contributed by atoms with Crippen LogP contribution in [0.3, 0.4) is 0 Å². The Morgan fingerprint density at radius 2 is 2.09 bits per heavy atom. The molecule has 2 heterocycles. The fourth-order valence-corrected chi connectivity index (χ4v) is 6.93. The molecule has 0 spiro atoms. The summed E-state index contributed by atoms with van der Waals surface area (Å²) < 4.78 is 32.5. The van der Waals surface area contributed by atoms with Gasteiger partial charge >= 0.3 is 0 Å². The van der Waals surface area contributed by atoms with E-state index in [0.717, 1.165) is 16.7 Å². The maximum atomic E-state index is 12.9. The molecule has 4 unspecified atom stereocenters. The van der Waals surface area contributed by atoms with Gasteiger partial charge in [-0.1, -0.05) is 11.3 Å². The maximum Gasteiger partial charge on any atom is 0.260 e. The fraction of sp³-hybridized carbons (Fsp3) is 0.667. The SMILES string of the molecule is CC(NC(=O)COn1nnc2ccc(S(=O)(=O)N3CCOCC3)cc21)C1CC2CCC1C2. The molecule has 1 N–H and O–H groups in total. The Morgan fingerprint density at radius 1 is 1.28 bits per heavy atom. The molecule has 174 valence electrons. The number of amides is 1. The Balaban J connectivity index is 1.24. The Hall–Kier alpha value is -2.24. The molecule has 1 saturated heterocycles. The Labute approximate surface area is 187 Å². The van der Waals surface area contributed by atoms with E-state index in [-0.39, 0.29) is 23.5 Å². The van der Waals surface area contributed by atoms with Crippen molar-refractivity contribution in [1.82, 2.24) is 24.8 Å². The first-order chi connectivity index (χ1) is 15.4. The molecule has 1 aliphatic heterocycles. The maximum absolute atomic E-state index is 12.9. The van der Waals surface area contributed by atoms with Crippen molar-refractivity contribution in [1.29, 1.82) is 0 Å². The number of hydrogen-bond donors (Lipinski definition) is 1. The van der Waals surface area contributed by atoms with Crippen molar-refractivity contribution in [2.75, 3.05) is 32.9 Å². The number of carbonyl (C=O) groups is 1. The molecule has 3 aliphatic rings. The number of aromatic nitrogens is 3. The minimum absolute atomic E-state index is 0.110. The second-order valence-corrected chi connectivity index (χ2v) is 11.0. The topological polar surface area (TPSA) is 116 Å². The zero-order chi connectivity index (χ0) is 22.3. The number of sulfonamides is 1. The van der Waals surface area contributed by atoms with Crippen LogP contribution >= 0.6 is 0 Å². The fourth-order valence-electron chi connectivity index (χ4n) is 5.50. The summed E-state index contributed by atoms with van der Waals surface area (Å²) in [4.78, 5) is 19.3. The van der Waals surface area contributed by atoms with Crippen molar-refractivity contribution in [3.05, 3.63) is 18.2 Å². The zero-order valence-corrected chi connectivity index (χ0v) is 19.0. The molecule has 2 bridgehead atoms.